The molecule has 1 aromatic heterocycles. The lowest BCUT2D eigenvalue weighted by molar-refractivity contribution is -0.142. The largest absolute Gasteiger partial charge is 0.396 e. The number of halogens is 1. The van der Waals surface area contributed by atoms with Crippen molar-refractivity contribution >= 4 is 29.7 Å². The fraction of sp³-hybridized carbons (Fsp3) is 0.476. The van der Waals surface area contributed by atoms with Crippen LogP contribution in [-0.4, -0.2) is 48.3 Å². The zero-order valence-corrected chi connectivity index (χ0v) is 17.4. The Balaban J connectivity index is 0.00000225. The number of carbonyl (C=O) groups is 1. The van der Waals surface area contributed by atoms with E-state index in [0.29, 0.717) is 19.5 Å². The maximum atomic E-state index is 12.4. The summed E-state index contributed by atoms with van der Waals surface area (Å²) in [4.78, 5) is 17.0. The first-order valence-corrected chi connectivity index (χ1v) is 10.4. The molecule has 1 spiro atoms. The number of aliphatic hydroxyl groups is 1. The minimum atomic E-state index is -0.613. The van der Waals surface area contributed by atoms with Crippen LogP contribution in [0.3, 0.4) is 0 Å². The first-order chi connectivity index (χ1) is 13.1. The van der Waals surface area contributed by atoms with Crippen molar-refractivity contribution in [2.45, 2.75) is 37.3 Å². The Labute approximate surface area is 175 Å². The molecule has 152 valence electrons. The summed E-state index contributed by atoms with van der Waals surface area (Å²) >= 11 is 1.87. The molecule has 7 heteroatoms. The summed E-state index contributed by atoms with van der Waals surface area (Å²) in [6.07, 6.45) is 2.86. The van der Waals surface area contributed by atoms with Crippen molar-refractivity contribution < 1.29 is 14.6 Å². The van der Waals surface area contributed by atoms with E-state index >= 15 is 0 Å². The van der Waals surface area contributed by atoms with E-state index in [2.05, 4.69) is 30.3 Å². The van der Waals surface area contributed by atoms with Gasteiger partial charge in [-0.25, -0.2) is 0 Å². The smallest absolute Gasteiger partial charge is 0.239 e. The summed E-state index contributed by atoms with van der Waals surface area (Å²) < 4.78 is 6.32. The van der Waals surface area contributed by atoms with Gasteiger partial charge in [0.25, 0.3) is 0 Å². The van der Waals surface area contributed by atoms with Gasteiger partial charge in [-0.3, -0.25) is 4.79 Å². The average Bonchev–Trinajstić information content (AvgIpc) is 3.15. The lowest BCUT2D eigenvalue weighted by atomic mass is 9.82. The van der Waals surface area contributed by atoms with Gasteiger partial charge in [-0.05, 0) is 36.5 Å². The van der Waals surface area contributed by atoms with Crippen LogP contribution in [0, 0.1) is 0 Å². The van der Waals surface area contributed by atoms with Gasteiger partial charge in [-0.15, -0.1) is 23.7 Å². The number of nitrogens with two attached hydrogens (primary N) is 1. The molecule has 1 amide bonds. The molecule has 0 saturated carbocycles. The fourth-order valence-corrected chi connectivity index (χ4v) is 5.40. The molecule has 5 nitrogen and oxygen atoms in total. The SMILES string of the molecule is Cl.N[C@@H](CCO)C(=O)N1CCC2(CC1)OCCc1sc(-c3ccccc3)cc12. The second-order valence-electron chi connectivity index (χ2n) is 7.35. The third-order valence-electron chi connectivity index (χ3n) is 5.71. The van der Waals surface area contributed by atoms with Gasteiger partial charge < -0.3 is 20.5 Å². The number of carbonyl (C=O) groups excluding carboxylic acids is 1. The Hall–Kier alpha value is -1.44. The molecule has 2 aliphatic rings. The lowest BCUT2D eigenvalue weighted by Crippen LogP contribution is -2.52. The van der Waals surface area contributed by atoms with Crippen molar-refractivity contribution in [3.05, 3.63) is 46.8 Å². The molecule has 0 bridgehead atoms. The van der Waals surface area contributed by atoms with Gasteiger partial charge in [-0.2, -0.15) is 0 Å². The number of piperidine rings is 1. The number of nitrogens with zero attached hydrogens (tertiary/aromatic N) is 1. The van der Waals surface area contributed by atoms with Crippen LogP contribution in [0.2, 0.25) is 0 Å². The molecular formula is C21H27ClN2O3S. The zero-order chi connectivity index (χ0) is 18.9. The molecule has 1 fully saturated rings. The third-order valence-corrected chi connectivity index (χ3v) is 6.95. The number of aliphatic hydroxyl groups excluding tert-OH is 1. The summed E-state index contributed by atoms with van der Waals surface area (Å²) in [6.45, 7) is 1.97. The number of amides is 1. The molecule has 3 N–H and O–H groups in total. The van der Waals surface area contributed by atoms with Gasteiger partial charge in [0.1, 0.15) is 0 Å². The molecule has 2 aromatic rings. The van der Waals surface area contributed by atoms with Crippen LogP contribution in [0.15, 0.2) is 36.4 Å². The highest BCUT2D eigenvalue weighted by Crippen LogP contribution is 2.46. The standard InChI is InChI=1S/C21H26N2O3S.ClH/c22-17(6-12-24)20(25)23-10-8-21(9-11-23)16-14-19(15-4-2-1-3-5-15)27-18(16)7-13-26-21;/h1-5,14,17,24H,6-13,22H2;1H/t17-;/m0./s1. The molecule has 28 heavy (non-hydrogen) atoms. The van der Waals surface area contributed by atoms with E-state index < -0.39 is 6.04 Å². The summed E-state index contributed by atoms with van der Waals surface area (Å²) in [5.74, 6) is -0.0646. The Morgan fingerprint density at radius 1 is 1.29 bits per heavy atom. The lowest BCUT2D eigenvalue weighted by Gasteiger charge is -2.44. The van der Waals surface area contributed by atoms with E-state index in [9.17, 15) is 4.79 Å². The van der Waals surface area contributed by atoms with Crippen LogP contribution in [0.1, 0.15) is 29.7 Å². The predicted octanol–water partition coefficient (Wildman–Crippen LogP) is 2.94. The fourth-order valence-electron chi connectivity index (χ4n) is 4.16. The summed E-state index contributed by atoms with van der Waals surface area (Å²) in [5, 5.41) is 9.02. The maximum Gasteiger partial charge on any atom is 0.239 e. The van der Waals surface area contributed by atoms with Crippen molar-refractivity contribution in [2.24, 2.45) is 5.73 Å². The molecule has 1 atom stereocenters. The van der Waals surface area contributed by atoms with Crippen LogP contribution in [-0.2, 0) is 21.6 Å². The van der Waals surface area contributed by atoms with Crippen molar-refractivity contribution in [2.75, 3.05) is 26.3 Å². The summed E-state index contributed by atoms with van der Waals surface area (Å²) in [5.41, 5.74) is 8.16. The molecule has 1 aromatic carbocycles. The van der Waals surface area contributed by atoms with Gasteiger partial charge in [0.15, 0.2) is 0 Å². The molecular weight excluding hydrogens is 396 g/mol. The number of ether oxygens (including phenoxy) is 1. The highest BCUT2D eigenvalue weighted by Gasteiger charge is 2.43. The number of hydrogen-bond acceptors (Lipinski definition) is 5. The molecule has 4 rings (SSSR count). The number of rotatable bonds is 4. The van der Waals surface area contributed by atoms with Crippen molar-refractivity contribution in [3.63, 3.8) is 0 Å². The summed E-state index contributed by atoms with van der Waals surface area (Å²) in [7, 11) is 0. The molecule has 3 heterocycles. The van der Waals surface area contributed by atoms with Gasteiger partial charge >= 0.3 is 0 Å². The van der Waals surface area contributed by atoms with Crippen LogP contribution in [0.25, 0.3) is 10.4 Å². The monoisotopic (exact) mass is 422 g/mol. The Bertz CT molecular complexity index is 803. The summed E-state index contributed by atoms with van der Waals surface area (Å²) in [6, 6.07) is 12.2. The number of thiophene rings is 1. The van der Waals surface area contributed by atoms with Gasteiger partial charge in [0.05, 0.1) is 18.2 Å². The predicted molar refractivity (Wildman–Crippen MR) is 114 cm³/mol. The van der Waals surface area contributed by atoms with Gasteiger partial charge in [-0.1, -0.05) is 30.3 Å². The topological polar surface area (TPSA) is 75.8 Å². The van der Waals surface area contributed by atoms with E-state index in [1.165, 1.54) is 20.9 Å². The van der Waals surface area contributed by atoms with Crippen LogP contribution in [0.4, 0.5) is 0 Å². The number of fused-ring (bicyclic) bond motifs is 2. The van der Waals surface area contributed by atoms with Crippen molar-refractivity contribution in [3.8, 4) is 10.4 Å². The van der Waals surface area contributed by atoms with Gasteiger partial charge in [0.2, 0.25) is 5.91 Å². The number of benzene rings is 1. The normalized spacial score (nSPS) is 19.0. The molecule has 0 radical (unpaired) electrons. The van der Waals surface area contributed by atoms with Crippen LogP contribution >= 0.6 is 23.7 Å². The second kappa shape index (κ2) is 8.93. The quantitative estimate of drug-likeness (QED) is 0.794. The highest BCUT2D eigenvalue weighted by molar-refractivity contribution is 7.15. The van der Waals surface area contributed by atoms with E-state index in [4.69, 9.17) is 15.6 Å². The molecule has 2 aliphatic heterocycles. The van der Waals surface area contributed by atoms with Crippen molar-refractivity contribution in [1.29, 1.82) is 0 Å². The molecule has 0 unspecified atom stereocenters. The van der Waals surface area contributed by atoms with Gasteiger partial charge in [0, 0.05) is 35.9 Å². The van der Waals surface area contributed by atoms with E-state index in [-0.39, 0.29) is 30.5 Å². The second-order valence-corrected chi connectivity index (χ2v) is 8.49. The molecule has 1 saturated heterocycles. The Morgan fingerprint density at radius 2 is 2.00 bits per heavy atom. The number of hydrogen-bond donors (Lipinski definition) is 2. The van der Waals surface area contributed by atoms with E-state index in [1.807, 2.05) is 22.3 Å². The first kappa shape index (κ1) is 21.3. The zero-order valence-electron chi connectivity index (χ0n) is 15.8. The Morgan fingerprint density at radius 3 is 2.68 bits per heavy atom. The van der Waals surface area contributed by atoms with Crippen LogP contribution in [0.5, 0.6) is 0 Å². The third kappa shape index (κ3) is 3.98. The Kier molecular flexibility index (Phi) is 6.78. The minimum Gasteiger partial charge on any atom is -0.396 e. The average molecular weight is 423 g/mol. The van der Waals surface area contributed by atoms with Crippen molar-refractivity contribution in [1.82, 2.24) is 4.90 Å². The molecule has 0 aliphatic carbocycles. The van der Waals surface area contributed by atoms with E-state index in [1.54, 1.807) is 0 Å². The van der Waals surface area contributed by atoms with E-state index in [0.717, 1.165) is 25.9 Å². The number of likely N-dealkylation sites (tertiary alicyclic amines) is 1. The highest BCUT2D eigenvalue weighted by atomic mass is 35.5. The maximum absolute atomic E-state index is 12.4. The van der Waals surface area contributed by atoms with Crippen LogP contribution < -0.4 is 5.73 Å². The first-order valence-electron chi connectivity index (χ1n) is 9.61. The minimum absolute atomic E-state index is 0.